The number of hydrogen-bond donors (Lipinski definition) is 1. The van der Waals surface area contributed by atoms with Crippen LogP contribution in [0.4, 0.5) is 0 Å². The molecule has 0 aliphatic rings. The van der Waals surface area contributed by atoms with Gasteiger partial charge in [-0.2, -0.15) is 0 Å². The lowest BCUT2D eigenvalue weighted by atomic mass is 10.2. The van der Waals surface area contributed by atoms with Gasteiger partial charge in [0.2, 0.25) is 0 Å². The molecule has 1 unspecified atom stereocenters. The summed E-state index contributed by atoms with van der Waals surface area (Å²) in [6.07, 6.45) is 1.65. The van der Waals surface area contributed by atoms with Crippen molar-refractivity contribution in [2.24, 2.45) is 7.05 Å². The molecule has 1 heterocycles. The van der Waals surface area contributed by atoms with E-state index in [9.17, 15) is 9.00 Å². The van der Waals surface area contributed by atoms with E-state index in [-0.39, 0.29) is 16.2 Å². The highest BCUT2D eigenvalue weighted by molar-refractivity contribution is 9.10. The predicted molar refractivity (Wildman–Crippen MR) is 72.2 cm³/mol. The first kappa shape index (κ1) is 13.9. The van der Waals surface area contributed by atoms with Crippen molar-refractivity contribution in [2.45, 2.75) is 10.6 Å². The summed E-state index contributed by atoms with van der Waals surface area (Å²) in [5.74, 6) is -0.972. The molecule has 0 saturated carbocycles. The van der Waals surface area contributed by atoms with E-state index in [1.54, 1.807) is 25.4 Å². The monoisotopic (exact) mass is 343 g/mol. The van der Waals surface area contributed by atoms with Crippen LogP contribution in [0, 0.1) is 0 Å². The average molecular weight is 344 g/mol. The average Bonchev–Trinajstić information content (AvgIpc) is 2.74. The lowest BCUT2D eigenvalue weighted by Crippen LogP contribution is -2.06. The number of benzene rings is 1. The van der Waals surface area contributed by atoms with Crippen LogP contribution < -0.4 is 0 Å². The molecule has 0 aliphatic heterocycles. The minimum absolute atomic E-state index is 0.0328. The van der Waals surface area contributed by atoms with Gasteiger partial charge in [0.1, 0.15) is 0 Å². The zero-order valence-electron chi connectivity index (χ0n) is 9.91. The van der Waals surface area contributed by atoms with Crippen molar-refractivity contribution in [2.75, 3.05) is 0 Å². The summed E-state index contributed by atoms with van der Waals surface area (Å²) in [7, 11) is 0.219. The van der Waals surface area contributed by atoms with Gasteiger partial charge in [-0.1, -0.05) is 21.1 Å². The van der Waals surface area contributed by atoms with E-state index in [0.29, 0.717) is 10.2 Å². The molecule has 100 valence electrons. The normalized spacial score (nSPS) is 12.3. The molecule has 0 saturated heterocycles. The molecular weight excluding hydrogens is 334 g/mol. The van der Waals surface area contributed by atoms with Gasteiger partial charge < -0.3 is 5.11 Å². The van der Waals surface area contributed by atoms with Crippen LogP contribution in [0.2, 0.25) is 0 Å². The number of halogens is 1. The Morgan fingerprint density at radius 3 is 2.84 bits per heavy atom. The molecule has 8 heteroatoms. The minimum Gasteiger partial charge on any atom is -0.478 e. The standard InChI is InChI=1S/C11H10BrN3O3S/c1-15-5-8(13-14-15)6-19(18)10-4-7(12)2-3-9(10)11(16)17/h2-5H,6H2,1H3,(H,16,17). The second kappa shape index (κ2) is 5.62. The lowest BCUT2D eigenvalue weighted by molar-refractivity contribution is 0.0693. The van der Waals surface area contributed by atoms with Crippen LogP contribution >= 0.6 is 15.9 Å². The molecule has 0 aliphatic carbocycles. The van der Waals surface area contributed by atoms with Crippen molar-refractivity contribution >= 4 is 32.7 Å². The lowest BCUT2D eigenvalue weighted by Gasteiger charge is -2.05. The smallest absolute Gasteiger partial charge is 0.336 e. The Hall–Kier alpha value is -1.54. The third kappa shape index (κ3) is 3.27. The molecular formula is C11H10BrN3O3S. The van der Waals surface area contributed by atoms with Gasteiger partial charge in [-0.15, -0.1) is 5.10 Å². The Balaban J connectivity index is 2.32. The number of aromatic nitrogens is 3. The second-order valence-electron chi connectivity index (χ2n) is 3.82. The maximum Gasteiger partial charge on any atom is 0.336 e. The fourth-order valence-corrected chi connectivity index (χ4v) is 3.26. The minimum atomic E-state index is -1.49. The van der Waals surface area contributed by atoms with E-state index >= 15 is 0 Å². The quantitative estimate of drug-likeness (QED) is 0.910. The number of aromatic carboxylic acids is 1. The van der Waals surface area contributed by atoms with Crippen molar-refractivity contribution in [3.8, 4) is 0 Å². The topological polar surface area (TPSA) is 85.1 Å². The van der Waals surface area contributed by atoms with Crippen LogP contribution in [0.3, 0.4) is 0 Å². The summed E-state index contributed by atoms with van der Waals surface area (Å²) >= 11 is 3.24. The van der Waals surface area contributed by atoms with Gasteiger partial charge in [-0.25, -0.2) is 4.79 Å². The Labute approximate surface area is 120 Å². The Bertz CT molecular complexity index is 656. The number of nitrogens with zero attached hydrogens (tertiary/aromatic N) is 3. The van der Waals surface area contributed by atoms with Crippen LogP contribution in [-0.2, 0) is 23.6 Å². The maximum atomic E-state index is 12.3. The molecule has 0 bridgehead atoms. The van der Waals surface area contributed by atoms with Crippen molar-refractivity contribution < 1.29 is 14.1 Å². The van der Waals surface area contributed by atoms with Crippen LogP contribution in [-0.4, -0.2) is 30.3 Å². The van der Waals surface area contributed by atoms with Gasteiger partial charge in [0.05, 0.1) is 32.7 Å². The summed E-state index contributed by atoms with van der Waals surface area (Å²) < 4.78 is 14.4. The summed E-state index contributed by atoms with van der Waals surface area (Å²) in [4.78, 5) is 11.4. The zero-order chi connectivity index (χ0) is 14.0. The van der Waals surface area contributed by atoms with Crippen LogP contribution in [0.15, 0.2) is 33.8 Å². The van der Waals surface area contributed by atoms with Crippen molar-refractivity contribution in [1.82, 2.24) is 15.0 Å². The van der Waals surface area contributed by atoms with E-state index in [4.69, 9.17) is 5.11 Å². The van der Waals surface area contributed by atoms with Gasteiger partial charge in [0, 0.05) is 17.7 Å². The van der Waals surface area contributed by atoms with Crippen LogP contribution in [0.5, 0.6) is 0 Å². The van der Waals surface area contributed by atoms with Crippen molar-refractivity contribution in [1.29, 1.82) is 0 Å². The van der Waals surface area contributed by atoms with Crippen LogP contribution in [0.25, 0.3) is 0 Å². The van der Waals surface area contributed by atoms with E-state index in [0.717, 1.165) is 0 Å². The van der Waals surface area contributed by atoms with E-state index in [1.807, 2.05) is 0 Å². The van der Waals surface area contributed by atoms with E-state index < -0.39 is 16.8 Å². The predicted octanol–water partition coefficient (Wildman–Crippen LogP) is 1.58. The number of hydrogen-bond acceptors (Lipinski definition) is 4. The van der Waals surface area contributed by atoms with Gasteiger partial charge in [-0.3, -0.25) is 8.89 Å². The molecule has 1 aromatic carbocycles. The van der Waals surface area contributed by atoms with Gasteiger partial charge >= 0.3 is 5.97 Å². The first-order valence-electron chi connectivity index (χ1n) is 5.24. The third-order valence-electron chi connectivity index (χ3n) is 2.35. The zero-order valence-corrected chi connectivity index (χ0v) is 12.3. The van der Waals surface area contributed by atoms with Crippen molar-refractivity contribution in [3.05, 3.63) is 40.1 Å². The molecule has 2 aromatic rings. The maximum absolute atomic E-state index is 12.3. The number of carboxylic acids is 1. The fourth-order valence-electron chi connectivity index (χ4n) is 1.53. The van der Waals surface area contributed by atoms with Crippen molar-refractivity contribution in [3.63, 3.8) is 0 Å². The molecule has 6 nitrogen and oxygen atoms in total. The molecule has 0 radical (unpaired) electrons. The second-order valence-corrected chi connectivity index (χ2v) is 6.15. The molecule has 0 spiro atoms. The molecule has 1 atom stereocenters. The first-order chi connectivity index (χ1) is 8.97. The summed E-state index contributed by atoms with van der Waals surface area (Å²) in [5.41, 5.74) is 0.586. The molecule has 0 fully saturated rings. The SMILES string of the molecule is Cn1cc(CS(=O)c2cc(Br)ccc2C(=O)O)nn1. The summed E-state index contributed by atoms with van der Waals surface area (Å²) in [5, 5.41) is 16.7. The largest absolute Gasteiger partial charge is 0.478 e. The number of carboxylic acid groups (broad SMARTS) is 1. The van der Waals surface area contributed by atoms with Gasteiger partial charge in [-0.05, 0) is 18.2 Å². The molecule has 19 heavy (non-hydrogen) atoms. The number of aryl methyl sites for hydroxylation is 1. The highest BCUT2D eigenvalue weighted by Crippen LogP contribution is 2.21. The molecule has 1 aromatic heterocycles. The molecule has 0 amide bonds. The number of carbonyl (C=O) groups is 1. The summed E-state index contributed by atoms with van der Waals surface area (Å²) in [6.45, 7) is 0. The third-order valence-corrected chi connectivity index (χ3v) is 4.23. The first-order valence-corrected chi connectivity index (χ1v) is 7.35. The Kier molecular flexibility index (Phi) is 4.11. The fraction of sp³-hybridized carbons (Fsp3) is 0.182. The number of rotatable bonds is 4. The van der Waals surface area contributed by atoms with Gasteiger partial charge in [0.25, 0.3) is 0 Å². The molecule has 2 rings (SSSR count). The van der Waals surface area contributed by atoms with Crippen LogP contribution in [0.1, 0.15) is 16.1 Å². The van der Waals surface area contributed by atoms with E-state index in [1.165, 1.54) is 10.7 Å². The Morgan fingerprint density at radius 2 is 2.26 bits per heavy atom. The Morgan fingerprint density at radius 1 is 1.53 bits per heavy atom. The van der Waals surface area contributed by atoms with E-state index in [2.05, 4.69) is 26.2 Å². The molecule has 1 N–H and O–H groups in total. The summed E-state index contributed by atoms with van der Waals surface area (Å²) in [6, 6.07) is 4.58. The van der Waals surface area contributed by atoms with Gasteiger partial charge in [0.15, 0.2) is 0 Å². The highest BCUT2D eigenvalue weighted by Gasteiger charge is 2.17. The highest BCUT2D eigenvalue weighted by atomic mass is 79.9.